The van der Waals surface area contributed by atoms with Gasteiger partial charge in [0.2, 0.25) is 18.1 Å². The van der Waals surface area contributed by atoms with Gasteiger partial charge in [-0.05, 0) is 42.5 Å². The second-order valence-electron chi connectivity index (χ2n) is 10.1. The van der Waals surface area contributed by atoms with E-state index < -0.39 is 17.6 Å². The van der Waals surface area contributed by atoms with Crippen molar-refractivity contribution in [3.05, 3.63) is 84.1 Å². The number of halogens is 1. The zero-order chi connectivity index (χ0) is 28.8. The van der Waals surface area contributed by atoms with Gasteiger partial charge < -0.3 is 30.8 Å². The summed E-state index contributed by atoms with van der Waals surface area (Å²) in [5, 5.41) is 5.93. The van der Waals surface area contributed by atoms with E-state index in [0.29, 0.717) is 59.7 Å². The van der Waals surface area contributed by atoms with Crippen LogP contribution in [-0.4, -0.2) is 58.1 Å². The van der Waals surface area contributed by atoms with Gasteiger partial charge in [-0.2, -0.15) is 0 Å². The lowest BCUT2D eigenvalue weighted by Gasteiger charge is -2.36. The predicted molar refractivity (Wildman–Crippen MR) is 149 cm³/mol. The number of carbonyl (C=O) groups excluding carboxylic acids is 2. The van der Waals surface area contributed by atoms with Gasteiger partial charge in [-0.15, -0.1) is 0 Å². The molecular formula is C29H30FN7O4. The average molecular weight is 560 g/mol. The van der Waals surface area contributed by atoms with Crippen LogP contribution >= 0.6 is 0 Å². The number of rotatable bonds is 10. The summed E-state index contributed by atoms with van der Waals surface area (Å²) in [7, 11) is 0. The molecule has 11 nitrogen and oxygen atoms in total. The predicted octanol–water partition coefficient (Wildman–Crippen LogP) is 3.44. The van der Waals surface area contributed by atoms with E-state index in [1.165, 1.54) is 12.1 Å². The van der Waals surface area contributed by atoms with Crippen molar-refractivity contribution in [3.63, 3.8) is 0 Å². The van der Waals surface area contributed by atoms with Gasteiger partial charge in [-0.25, -0.2) is 19.3 Å². The molecule has 0 bridgehead atoms. The molecule has 2 aromatic carbocycles. The summed E-state index contributed by atoms with van der Waals surface area (Å²) in [5.74, 6) is -0.249. The van der Waals surface area contributed by atoms with Crippen molar-refractivity contribution in [2.75, 3.05) is 31.6 Å². The molecule has 1 aliphatic heterocycles. The van der Waals surface area contributed by atoms with Crippen LogP contribution in [0.15, 0.2) is 66.9 Å². The topological polar surface area (TPSA) is 157 Å². The fraction of sp³-hybridized carbons (Fsp3) is 0.276. The Morgan fingerprint density at radius 3 is 2.51 bits per heavy atom. The Bertz CT molecular complexity index is 1500. The summed E-state index contributed by atoms with van der Waals surface area (Å²) < 4.78 is 25.8. The van der Waals surface area contributed by atoms with Crippen LogP contribution in [0.25, 0.3) is 22.6 Å². The number of primary amides is 1. The largest absolute Gasteiger partial charge is 0.370 e. The maximum atomic E-state index is 13.7. The summed E-state index contributed by atoms with van der Waals surface area (Å²) >= 11 is 0. The second kappa shape index (κ2) is 12.2. The van der Waals surface area contributed by atoms with Crippen molar-refractivity contribution in [2.45, 2.75) is 19.6 Å². The third-order valence-electron chi connectivity index (χ3n) is 6.51. The number of nitrogens with zero attached hydrogens (tertiary/aromatic N) is 3. The Kier molecular flexibility index (Phi) is 8.31. The molecule has 212 valence electrons. The SMILES string of the molecule is CC1(CNC(=O)c2ccccc2)COC(c2nc(-c3ccc(F)cc3)c(-c3ccnc(NCCC(N)=O)n3)[nH]2)OC1. The van der Waals surface area contributed by atoms with Crippen LogP contribution in [-0.2, 0) is 14.3 Å². The van der Waals surface area contributed by atoms with E-state index in [1.807, 2.05) is 25.1 Å². The highest BCUT2D eigenvalue weighted by Crippen LogP contribution is 2.35. The molecule has 1 fully saturated rings. The van der Waals surface area contributed by atoms with Crippen molar-refractivity contribution in [3.8, 4) is 22.6 Å². The molecular weight excluding hydrogens is 529 g/mol. The molecule has 0 saturated carbocycles. The molecule has 5 rings (SSSR count). The molecule has 12 heteroatoms. The fourth-order valence-corrected chi connectivity index (χ4v) is 4.27. The van der Waals surface area contributed by atoms with Gasteiger partial charge in [-0.1, -0.05) is 25.1 Å². The van der Waals surface area contributed by atoms with Crippen LogP contribution in [0.3, 0.4) is 0 Å². The highest BCUT2D eigenvalue weighted by Gasteiger charge is 2.35. The van der Waals surface area contributed by atoms with Crippen LogP contribution < -0.4 is 16.4 Å². The van der Waals surface area contributed by atoms with Gasteiger partial charge in [0.05, 0.1) is 30.3 Å². The van der Waals surface area contributed by atoms with Gasteiger partial charge in [0.1, 0.15) is 5.82 Å². The van der Waals surface area contributed by atoms with E-state index in [4.69, 9.17) is 20.2 Å². The smallest absolute Gasteiger partial charge is 0.251 e. The van der Waals surface area contributed by atoms with Crippen molar-refractivity contribution >= 4 is 17.8 Å². The lowest BCUT2D eigenvalue weighted by Crippen LogP contribution is -2.45. The minimum Gasteiger partial charge on any atom is -0.370 e. The third-order valence-corrected chi connectivity index (χ3v) is 6.51. The first-order valence-electron chi connectivity index (χ1n) is 13.1. The average Bonchev–Trinajstić information content (AvgIpc) is 3.43. The van der Waals surface area contributed by atoms with Crippen molar-refractivity contribution < 1.29 is 23.5 Å². The molecule has 2 amide bonds. The van der Waals surface area contributed by atoms with E-state index in [9.17, 15) is 14.0 Å². The molecule has 0 atom stereocenters. The van der Waals surface area contributed by atoms with Crippen LogP contribution in [0.5, 0.6) is 0 Å². The molecule has 1 aliphatic rings. The summed E-state index contributed by atoms with van der Waals surface area (Å²) in [6.07, 6.45) is 0.913. The first-order chi connectivity index (χ1) is 19.8. The summed E-state index contributed by atoms with van der Waals surface area (Å²) in [6.45, 7) is 3.25. The van der Waals surface area contributed by atoms with Crippen molar-refractivity contribution in [1.82, 2.24) is 25.3 Å². The first-order valence-corrected chi connectivity index (χ1v) is 13.1. The minimum atomic E-state index is -0.796. The van der Waals surface area contributed by atoms with Crippen molar-refractivity contribution in [2.24, 2.45) is 11.1 Å². The lowest BCUT2D eigenvalue weighted by molar-refractivity contribution is -0.231. The molecule has 3 heterocycles. The van der Waals surface area contributed by atoms with E-state index in [2.05, 4.69) is 25.6 Å². The van der Waals surface area contributed by atoms with Gasteiger partial charge in [0.25, 0.3) is 5.91 Å². The highest BCUT2D eigenvalue weighted by atomic mass is 19.1. The Morgan fingerprint density at radius 2 is 1.80 bits per heavy atom. The van der Waals surface area contributed by atoms with E-state index >= 15 is 0 Å². The number of imidazole rings is 1. The number of nitrogens with two attached hydrogens (primary N) is 1. The number of aromatic nitrogens is 4. The number of benzene rings is 2. The number of aromatic amines is 1. The lowest BCUT2D eigenvalue weighted by atomic mass is 9.92. The number of hydrogen-bond donors (Lipinski definition) is 4. The molecule has 41 heavy (non-hydrogen) atoms. The van der Waals surface area contributed by atoms with Crippen LogP contribution in [0, 0.1) is 11.2 Å². The molecule has 0 radical (unpaired) electrons. The Labute approximate surface area is 235 Å². The molecule has 4 aromatic rings. The normalized spacial score (nSPS) is 18.5. The van der Waals surface area contributed by atoms with Gasteiger partial charge in [-0.3, -0.25) is 9.59 Å². The maximum absolute atomic E-state index is 13.7. The maximum Gasteiger partial charge on any atom is 0.251 e. The monoisotopic (exact) mass is 559 g/mol. The molecule has 1 saturated heterocycles. The number of ether oxygens (including phenoxy) is 2. The summed E-state index contributed by atoms with van der Waals surface area (Å²) in [6, 6.07) is 16.7. The van der Waals surface area contributed by atoms with Crippen molar-refractivity contribution in [1.29, 1.82) is 0 Å². The van der Waals surface area contributed by atoms with Gasteiger partial charge in [0, 0.05) is 42.2 Å². The first kappa shape index (κ1) is 27.9. The number of hydrogen-bond acceptors (Lipinski definition) is 8. The van der Waals surface area contributed by atoms with E-state index in [1.54, 1.807) is 36.5 Å². The molecule has 0 unspecified atom stereocenters. The van der Waals surface area contributed by atoms with Crippen LogP contribution in [0.4, 0.5) is 10.3 Å². The van der Waals surface area contributed by atoms with Gasteiger partial charge in [0.15, 0.2) is 5.82 Å². The summed E-state index contributed by atoms with van der Waals surface area (Å²) in [4.78, 5) is 40.3. The minimum absolute atomic E-state index is 0.133. The van der Waals surface area contributed by atoms with Crippen LogP contribution in [0.2, 0.25) is 0 Å². The number of nitrogens with one attached hydrogen (secondary N) is 3. The Hall–Kier alpha value is -4.68. The van der Waals surface area contributed by atoms with Gasteiger partial charge >= 0.3 is 0 Å². The fourth-order valence-electron chi connectivity index (χ4n) is 4.27. The number of amides is 2. The molecule has 0 spiro atoms. The molecule has 5 N–H and O–H groups in total. The van der Waals surface area contributed by atoms with Crippen LogP contribution in [0.1, 0.15) is 35.8 Å². The standard InChI is InChI=1S/C29H30FN7O4/c1-29(15-34-26(39)19-5-3-2-4-6-19)16-40-27(41-17-29)25-36-23(18-7-9-20(30)10-8-18)24(37-25)21-11-13-32-28(35-21)33-14-12-22(31)38/h2-11,13,27H,12,14-17H2,1H3,(H2,31,38)(H,34,39)(H,36,37)(H,32,33,35). The highest BCUT2D eigenvalue weighted by molar-refractivity contribution is 5.94. The summed E-state index contributed by atoms with van der Waals surface area (Å²) in [5.41, 5.74) is 7.61. The number of anilines is 1. The number of H-pyrrole nitrogens is 1. The van der Waals surface area contributed by atoms with E-state index in [0.717, 1.165) is 0 Å². The Balaban J connectivity index is 1.33. The van der Waals surface area contributed by atoms with E-state index in [-0.39, 0.29) is 24.7 Å². The third kappa shape index (κ3) is 6.91. The quantitative estimate of drug-likeness (QED) is 0.230. The zero-order valence-electron chi connectivity index (χ0n) is 22.4. The second-order valence-corrected chi connectivity index (χ2v) is 10.1. The zero-order valence-corrected chi connectivity index (χ0v) is 22.4. The molecule has 0 aliphatic carbocycles. The molecule has 2 aromatic heterocycles. The Morgan fingerprint density at radius 1 is 1.07 bits per heavy atom. The number of carbonyl (C=O) groups is 2.